The van der Waals surface area contributed by atoms with Gasteiger partial charge in [-0.3, -0.25) is 4.79 Å². The van der Waals surface area contributed by atoms with E-state index in [0.29, 0.717) is 12.5 Å². The molecule has 2 heterocycles. The normalized spacial score (nSPS) is 18.4. The van der Waals surface area contributed by atoms with E-state index < -0.39 is 0 Å². The first-order chi connectivity index (χ1) is 14.2. The van der Waals surface area contributed by atoms with E-state index in [4.69, 9.17) is 0 Å². The number of para-hydroxylation sites is 1. The van der Waals surface area contributed by atoms with Gasteiger partial charge in [0.05, 0.1) is 6.54 Å². The Hall–Kier alpha value is -3.07. The number of benzene rings is 2. The van der Waals surface area contributed by atoms with Crippen molar-refractivity contribution in [2.75, 3.05) is 4.90 Å². The SMILES string of the molecule is CC1CCCC=C1c1ccc(C(=O)N2Cc3cccn3Cc3ccccc32)cc1. The van der Waals surface area contributed by atoms with Gasteiger partial charge in [-0.05, 0) is 72.2 Å². The molecular weight excluding hydrogens is 356 g/mol. The zero-order chi connectivity index (χ0) is 19.8. The first-order valence-electron chi connectivity index (χ1n) is 10.5. The third-order valence-corrected chi connectivity index (χ3v) is 6.31. The molecule has 0 saturated carbocycles. The van der Waals surface area contributed by atoms with Crippen molar-refractivity contribution in [2.45, 2.75) is 39.3 Å². The van der Waals surface area contributed by atoms with Crippen LogP contribution in [-0.4, -0.2) is 10.5 Å². The number of hydrogen-bond acceptors (Lipinski definition) is 1. The highest BCUT2D eigenvalue weighted by Crippen LogP contribution is 2.33. The van der Waals surface area contributed by atoms with Gasteiger partial charge in [-0.15, -0.1) is 0 Å². The van der Waals surface area contributed by atoms with E-state index in [1.807, 2.05) is 29.2 Å². The van der Waals surface area contributed by atoms with Crippen molar-refractivity contribution in [2.24, 2.45) is 5.92 Å². The van der Waals surface area contributed by atoms with Crippen molar-refractivity contribution in [3.63, 3.8) is 0 Å². The van der Waals surface area contributed by atoms with Crippen molar-refractivity contribution in [3.05, 3.63) is 95.3 Å². The lowest BCUT2D eigenvalue weighted by Gasteiger charge is -2.24. The standard InChI is InChI=1S/C26H26N2O/c1-19-7-2-4-10-24(19)20-12-14-21(15-13-20)26(29)28-18-23-9-6-16-27(23)17-22-8-3-5-11-25(22)28/h3,5-6,8-16,19H,2,4,7,17-18H2,1H3. The number of carbonyl (C=O) groups is 1. The fourth-order valence-electron chi connectivity index (χ4n) is 4.67. The van der Waals surface area contributed by atoms with Crippen LogP contribution in [-0.2, 0) is 13.1 Å². The fourth-order valence-corrected chi connectivity index (χ4v) is 4.67. The predicted molar refractivity (Wildman–Crippen MR) is 118 cm³/mol. The lowest BCUT2D eigenvalue weighted by Crippen LogP contribution is -2.30. The summed E-state index contributed by atoms with van der Waals surface area (Å²) < 4.78 is 2.23. The van der Waals surface area contributed by atoms with Crippen LogP contribution in [0.3, 0.4) is 0 Å². The van der Waals surface area contributed by atoms with Gasteiger partial charge in [0.1, 0.15) is 0 Å². The maximum atomic E-state index is 13.5. The van der Waals surface area contributed by atoms with E-state index in [2.05, 4.69) is 60.2 Å². The molecule has 1 aliphatic heterocycles. The van der Waals surface area contributed by atoms with E-state index >= 15 is 0 Å². The van der Waals surface area contributed by atoms with Crippen LogP contribution in [0.5, 0.6) is 0 Å². The molecule has 5 rings (SSSR count). The first kappa shape index (κ1) is 18.0. The summed E-state index contributed by atoms with van der Waals surface area (Å²) in [6, 6.07) is 20.6. The van der Waals surface area contributed by atoms with Crippen molar-refractivity contribution < 1.29 is 4.79 Å². The topological polar surface area (TPSA) is 25.2 Å². The molecule has 1 atom stereocenters. The van der Waals surface area contributed by atoms with Gasteiger partial charge in [-0.2, -0.15) is 0 Å². The number of carbonyl (C=O) groups excluding carboxylic acids is 1. The number of anilines is 1. The van der Waals surface area contributed by atoms with Crippen molar-refractivity contribution in [1.82, 2.24) is 4.57 Å². The summed E-state index contributed by atoms with van der Waals surface area (Å²) in [6.45, 7) is 3.69. The second kappa shape index (κ2) is 7.40. The van der Waals surface area contributed by atoms with Crippen LogP contribution in [0.25, 0.3) is 5.57 Å². The zero-order valence-electron chi connectivity index (χ0n) is 16.8. The molecule has 1 amide bonds. The van der Waals surface area contributed by atoms with Gasteiger partial charge in [-0.1, -0.05) is 43.3 Å². The summed E-state index contributed by atoms with van der Waals surface area (Å²) in [4.78, 5) is 15.4. The van der Waals surface area contributed by atoms with Crippen LogP contribution in [0, 0.1) is 5.92 Å². The maximum absolute atomic E-state index is 13.5. The lowest BCUT2D eigenvalue weighted by molar-refractivity contribution is 0.0985. The van der Waals surface area contributed by atoms with E-state index in [9.17, 15) is 4.79 Å². The minimum atomic E-state index is 0.0596. The monoisotopic (exact) mass is 382 g/mol. The van der Waals surface area contributed by atoms with Crippen LogP contribution < -0.4 is 4.90 Å². The van der Waals surface area contributed by atoms with Crippen LogP contribution in [0.2, 0.25) is 0 Å². The molecule has 146 valence electrons. The highest BCUT2D eigenvalue weighted by Gasteiger charge is 2.25. The van der Waals surface area contributed by atoms with Crippen molar-refractivity contribution in [1.29, 1.82) is 0 Å². The fraction of sp³-hybridized carbons (Fsp3) is 0.269. The van der Waals surface area contributed by atoms with Gasteiger partial charge in [0, 0.05) is 29.7 Å². The van der Waals surface area contributed by atoms with Gasteiger partial charge in [0.25, 0.3) is 5.91 Å². The second-order valence-corrected chi connectivity index (χ2v) is 8.22. The van der Waals surface area contributed by atoms with Crippen LogP contribution in [0.4, 0.5) is 5.69 Å². The Balaban J connectivity index is 1.48. The van der Waals surface area contributed by atoms with Gasteiger partial charge in [0.2, 0.25) is 0 Å². The van der Waals surface area contributed by atoms with Crippen LogP contribution in [0.15, 0.2) is 72.9 Å². The smallest absolute Gasteiger partial charge is 0.258 e. The summed E-state index contributed by atoms with van der Waals surface area (Å²) in [5.74, 6) is 0.653. The average Bonchev–Trinajstić information content (AvgIpc) is 3.13. The molecule has 1 aromatic heterocycles. The Kier molecular flexibility index (Phi) is 4.59. The Morgan fingerprint density at radius 1 is 0.966 bits per heavy atom. The molecule has 2 aliphatic rings. The molecule has 2 aromatic carbocycles. The highest BCUT2D eigenvalue weighted by atomic mass is 16.2. The molecule has 0 radical (unpaired) electrons. The molecule has 0 N–H and O–H groups in total. The Morgan fingerprint density at radius 3 is 2.62 bits per heavy atom. The van der Waals surface area contributed by atoms with E-state index in [0.717, 1.165) is 29.9 Å². The Labute approximate surface area is 172 Å². The summed E-state index contributed by atoms with van der Waals surface area (Å²) in [5.41, 5.74) is 6.76. The Morgan fingerprint density at radius 2 is 1.79 bits per heavy atom. The molecule has 0 spiro atoms. The van der Waals surface area contributed by atoms with E-state index in [-0.39, 0.29) is 5.91 Å². The van der Waals surface area contributed by atoms with Crippen molar-refractivity contribution >= 4 is 17.2 Å². The highest BCUT2D eigenvalue weighted by molar-refractivity contribution is 6.06. The van der Waals surface area contributed by atoms with Gasteiger partial charge in [0.15, 0.2) is 0 Å². The van der Waals surface area contributed by atoms with Gasteiger partial charge >= 0.3 is 0 Å². The van der Waals surface area contributed by atoms with Gasteiger partial charge in [-0.25, -0.2) is 0 Å². The summed E-state index contributed by atoms with van der Waals surface area (Å²) in [7, 11) is 0. The molecule has 0 saturated heterocycles. The van der Waals surface area contributed by atoms with Crippen LogP contribution >= 0.6 is 0 Å². The molecule has 3 aromatic rings. The minimum Gasteiger partial charge on any atom is -0.345 e. The summed E-state index contributed by atoms with van der Waals surface area (Å²) >= 11 is 0. The molecule has 0 fully saturated rings. The average molecular weight is 383 g/mol. The number of allylic oxidation sites excluding steroid dienone is 2. The molecule has 29 heavy (non-hydrogen) atoms. The largest absolute Gasteiger partial charge is 0.345 e. The third kappa shape index (κ3) is 3.31. The maximum Gasteiger partial charge on any atom is 0.258 e. The van der Waals surface area contributed by atoms with E-state index in [1.165, 1.54) is 29.5 Å². The summed E-state index contributed by atoms with van der Waals surface area (Å²) in [5, 5.41) is 0. The second-order valence-electron chi connectivity index (χ2n) is 8.22. The lowest BCUT2D eigenvalue weighted by atomic mass is 9.85. The predicted octanol–water partition coefficient (Wildman–Crippen LogP) is 5.90. The van der Waals surface area contributed by atoms with Gasteiger partial charge < -0.3 is 9.47 Å². The summed E-state index contributed by atoms with van der Waals surface area (Å²) in [6.07, 6.45) is 8.14. The van der Waals surface area contributed by atoms with Crippen molar-refractivity contribution in [3.8, 4) is 0 Å². The Bertz CT molecular complexity index is 1070. The zero-order valence-corrected chi connectivity index (χ0v) is 16.8. The number of rotatable bonds is 2. The number of nitrogens with zero attached hydrogens (tertiary/aromatic N) is 2. The first-order valence-corrected chi connectivity index (χ1v) is 10.5. The minimum absolute atomic E-state index is 0.0596. The molecule has 3 heteroatoms. The molecule has 1 aliphatic carbocycles. The van der Waals surface area contributed by atoms with E-state index in [1.54, 1.807) is 0 Å². The third-order valence-electron chi connectivity index (χ3n) is 6.31. The molecule has 3 nitrogen and oxygen atoms in total. The number of amides is 1. The number of aromatic nitrogens is 1. The molecular formula is C26H26N2O. The number of hydrogen-bond donors (Lipinski definition) is 0. The number of fused-ring (bicyclic) bond motifs is 2. The molecule has 1 unspecified atom stereocenters. The molecule has 0 bridgehead atoms. The quantitative estimate of drug-likeness (QED) is 0.542. The van der Waals surface area contributed by atoms with Crippen LogP contribution in [0.1, 0.15) is 53.4 Å².